The van der Waals surface area contributed by atoms with Crippen LogP contribution in [0, 0.1) is 11.3 Å². The van der Waals surface area contributed by atoms with Gasteiger partial charge in [-0.25, -0.2) is 0 Å². The number of amides is 1. The highest BCUT2D eigenvalue weighted by Crippen LogP contribution is 2.23. The average Bonchev–Trinajstić information content (AvgIpc) is 2.87. The lowest BCUT2D eigenvalue weighted by molar-refractivity contribution is -0.112. The Kier molecular flexibility index (Phi) is 4.80. The van der Waals surface area contributed by atoms with E-state index in [-0.39, 0.29) is 5.57 Å². The summed E-state index contributed by atoms with van der Waals surface area (Å²) in [6, 6.07) is 8.38. The first-order chi connectivity index (χ1) is 9.58. The molecule has 0 fully saturated rings. The van der Waals surface area contributed by atoms with Crippen molar-refractivity contribution in [2.45, 2.75) is 0 Å². The van der Waals surface area contributed by atoms with Crippen LogP contribution in [0.2, 0.25) is 10.0 Å². The van der Waals surface area contributed by atoms with Gasteiger partial charge in [0.25, 0.3) is 5.91 Å². The second-order valence-electron chi connectivity index (χ2n) is 3.84. The Balaban J connectivity index is 2.20. The van der Waals surface area contributed by atoms with Crippen LogP contribution in [0.15, 0.2) is 40.6 Å². The second kappa shape index (κ2) is 6.58. The molecule has 1 aromatic carbocycles. The molecule has 1 aromatic heterocycles. The molecule has 0 bridgehead atoms. The maximum Gasteiger partial charge on any atom is 0.266 e. The van der Waals surface area contributed by atoms with E-state index in [4.69, 9.17) is 28.5 Å². The number of carbonyl (C=O) groups is 1. The van der Waals surface area contributed by atoms with Gasteiger partial charge in [-0.05, 0) is 46.7 Å². The summed E-state index contributed by atoms with van der Waals surface area (Å²) in [6.07, 6.45) is 1.53. The molecule has 1 amide bonds. The standard InChI is InChI=1S/C14H8Cl2N2OS/c15-11-4-12(16)6-13(5-11)18-14(19)10(7-17)3-9-1-2-20-8-9/h1-6,8H,(H,18,19)/b10-3+. The zero-order valence-electron chi connectivity index (χ0n) is 10.1. The lowest BCUT2D eigenvalue weighted by Crippen LogP contribution is -2.13. The fraction of sp³-hybridized carbons (Fsp3) is 0. The Morgan fingerprint density at radius 1 is 1.30 bits per heavy atom. The van der Waals surface area contributed by atoms with Crippen LogP contribution in [0.4, 0.5) is 5.69 Å². The molecule has 0 radical (unpaired) electrons. The van der Waals surface area contributed by atoms with E-state index in [0.717, 1.165) is 5.56 Å². The summed E-state index contributed by atoms with van der Waals surface area (Å²) < 4.78 is 0. The third kappa shape index (κ3) is 3.84. The third-order valence-electron chi connectivity index (χ3n) is 2.34. The molecule has 0 saturated carbocycles. The van der Waals surface area contributed by atoms with Crippen LogP contribution in [0.25, 0.3) is 6.08 Å². The van der Waals surface area contributed by atoms with Crippen LogP contribution in [0.5, 0.6) is 0 Å². The number of carbonyl (C=O) groups excluding carboxylic acids is 1. The molecule has 1 N–H and O–H groups in total. The van der Waals surface area contributed by atoms with E-state index < -0.39 is 5.91 Å². The summed E-state index contributed by atoms with van der Waals surface area (Å²) in [5, 5.41) is 16.2. The third-order valence-corrected chi connectivity index (χ3v) is 3.48. The number of benzene rings is 1. The highest BCUT2D eigenvalue weighted by molar-refractivity contribution is 7.08. The quantitative estimate of drug-likeness (QED) is 0.663. The minimum atomic E-state index is -0.503. The van der Waals surface area contributed by atoms with E-state index in [1.165, 1.54) is 17.4 Å². The molecule has 2 rings (SSSR count). The Morgan fingerprint density at radius 3 is 2.55 bits per heavy atom. The van der Waals surface area contributed by atoms with Gasteiger partial charge in [0.05, 0.1) is 0 Å². The fourth-order valence-electron chi connectivity index (χ4n) is 1.50. The van der Waals surface area contributed by atoms with Crippen molar-refractivity contribution in [1.29, 1.82) is 5.26 Å². The van der Waals surface area contributed by atoms with E-state index in [9.17, 15) is 4.79 Å². The molecule has 1 heterocycles. The van der Waals surface area contributed by atoms with Crippen molar-refractivity contribution >= 4 is 52.2 Å². The van der Waals surface area contributed by atoms with Crippen molar-refractivity contribution in [2.75, 3.05) is 5.32 Å². The van der Waals surface area contributed by atoms with Gasteiger partial charge in [0, 0.05) is 15.7 Å². The topological polar surface area (TPSA) is 52.9 Å². The van der Waals surface area contributed by atoms with Crippen molar-refractivity contribution in [3.05, 3.63) is 56.2 Å². The van der Waals surface area contributed by atoms with E-state index in [2.05, 4.69) is 5.32 Å². The van der Waals surface area contributed by atoms with Crippen LogP contribution < -0.4 is 5.32 Å². The van der Waals surface area contributed by atoms with E-state index >= 15 is 0 Å². The van der Waals surface area contributed by atoms with Crippen LogP contribution in [-0.2, 0) is 4.79 Å². The molecule has 0 aliphatic rings. The van der Waals surface area contributed by atoms with Gasteiger partial charge in [-0.15, -0.1) is 0 Å². The van der Waals surface area contributed by atoms with Gasteiger partial charge in [0.15, 0.2) is 0 Å². The van der Waals surface area contributed by atoms with Crippen LogP contribution in [-0.4, -0.2) is 5.91 Å². The van der Waals surface area contributed by atoms with E-state index in [1.807, 2.05) is 22.9 Å². The number of hydrogen-bond donors (Lipinski definition) is 1. The summed E-state index contributed by atoms with van der Waals surface area (Å²) in [7, 11) is 0. The normalized spacial score (nSPS) is 10.9. The summed E-state index contributed by atoms with van der Waals surface area (Å²) in [6.45, 7) is 0. The van der Waals surface area contributed by atoms with Crippen molar-refractivity contribution in [2.24, 2.45) is 0 Å². The van der Waals surface area contributed by atoms with Gasteiger partial charge >= 0.3 is 0 Å². The predicted molar refractivity (Wildman–Crippen MR) is 83.0 cm³/mol. The number of halogens is 2. The van der Waals surface area contributed by atoms with Crippen molar-refractivity contribution in [3.8, 4) is 6.07 Å². The zero-order chi connectivity index (χ0) is 14.5. The van der Waals surface area contributed by atoms with E-state index in [0.29, 0.717) is 15.7 Å². The van der Waals surface area contributed by atoms with Gasteiger partial charge in [0.1, 0.15) is 11.6 Å². The number of thiophene rings is 1. The summed E-state index contributed by atoms with van der Waals surface area (Å²) in [4.78, 5) is 12.0. The molecule has 6 heteroatoms. The Labute approximate surface area is 130 Å². The van der Waals surface area contributed by atoms with Crippen molar-refractivity contribution in [3.63, 3.8) is 0 Å². The minimum Gasteiger partial charge on any atom is -0.321 e. The Hall–Kier alpha value is -1.80. The monoisotopic (exact) mass is 322 g/mol. The first kappa shape index (κ1) is 14.6. The summed E-state index contributed by atoms with van der Waals surface area (Å²) >= 11 is 13.2. The van der Waals surface area contributed by atoms with Crippen molar-refractivity contribution < 1.29 is 4.79 Å². The van der Waals surface area contributed by atoms with Gasteiger partial charge in [-0.2, -0.15) is 16.6 Å². The number of rotatable bonds is 3. The average molecular weight is 323 g/mol. The van der Waals surface area contributed by atoms with Crippen LogP contribution in [0.1, 0.15) is 5.56 Å². The van der Waals surface area contributed by atoms with E-state index in [1.54, 1.807) is 18.2 Å². The maximum absolute atomic E-state index is 12.0. The van der Waals surface area contributed by atoms with Crippen LogP contribution in [0.3, 0.4) is 0 Å². The largest absolute Gasteiger partial charge is 0.321 e. The minimum absolute atomic E-state index is 0.0134. The second-order valence-corrected chi connectivity index (χ2v) is 5.49. The Morgan fingerprint density at radius 2 is 2.00 bits per heavy atom. The highest BCUT2D eigenvalue weighted by atomic mass is 35.5. The molecule has 0 saturated heterocycles. The molecule has 0 aliphatic heterocycles. The lowest BCUT2D eigenvalue weighted by atomic mass is 10.2. The molecule has 0 spiro atoms. The number of nitrogens with zero attached hydrogens (tertiary/aromatic N) is 1. The first-order valence-electron chi connectivity index (χ1n) is 5.50. The lowest BCUT2D eigenvalue weighted by Gasteiger charge is -2.05. The number of anilines is 1. The van der Waals surface area contributed by atoms with Crippen LogP contribution >= 0.6 is 34.5 Å². The van der Waals surface area contributed by atoms with Gasteiger partial charge in [-0.3, -0.25) is 4.79 Å². The SMILES string of the molecule is N#C/C(=C\c1ccsc1)C(=O)Nc1cc(Cl)cc(Cl)c1. The zero-order valence-corrected chi connectivity index (χ0v) is 12.4. The molecular weight excluding hydrogens is 315 g/mol. The highest BCUT2D eigenvalue weighted by Gasteiger charge is 2.10. The molecular formula is C14H8Cl2N2OS. The first-order valence-corrected chi connectivity index (χ1v) is 7.20. The number of hydrogen-bond acceptors (Lipinski definition) is 3. The van der Waals surface area contributed by atoms with Crippen molar-refractivity contribution in [1.82, 2.24) is 0 Å². The molecule has 3 nitrogen and oxygen atoms in total. The number of nitrogens with one attached hydrogen (secondary N) is 1. The molecule has 0 aliphatic carbocycles. The van der Waals surface area contributed by atoms with Gasteiger partial charge in [0.2, 0.25) is 0 Å². The molecule has 100 valence electrons. The van der Waals surface area contributed by atoms with Gasteiger partial charge in [-0.1, -0.05) is 23.2 Å². The Bertz CT molecular complexity index is 682. The molecule has 20 heavy (non-hydrogen) atoms. The molecule has 0 unspecified atom stereocenters. The smallest absolute Gasteiger partial charge is 0.266 e. The summed E-state index contributed by atoms with van der Waals surface area (Å²) in [5.74, 6) is -0.503. The molecule has 2 aromatic rings. The fourth-order valence-corrected chi connectivity index (χ4v) is 2.64. The maximum atomic E-state index is 12.0. The van der Waals surface area contributed by atoms with Gasteiger partial charge < -0.3 is 5.32 Å². The predicted octanol–water partition coefficient (Wildman–Crippen LogP) is 4.60. The molecule has 0 atom stereocenters. The summed E-state index contributed by atoms with van der Waals surface area (Å²) in [5.41, 5.74) is 1.27. The number of nitriles is 1.